The Balaban J connectivity index is 1.20. The quantitative estimate of drug-likeness (QED) is 0.385. The highest BCUT2D eigenvalue weighted by molar-refractivity contribution is 5.79. The fourth-order valence-corrected chi connectivity index (χ4v) is 6.35. The lowest BCUT2D eigenvalue weighted by Gasteiger charge is -2.30. The van der Waals surface area contributed by atoms with Gasteiger partial charge in [-0.05, 0) is 80.1 Å². The summed E-state index contributed by atoms with van der Waals surface area (Å²) in [5.74, 6) is -0.884. The number of esters is 2. The molecule has 3 fully saturated rings. The Bertz CT molecular complexity index is 1240. The Morgan fingerprint density at radius 2 is 1.56 bits per heavy atom. The van der Waals surface area contributed by atoms with Crippen molar-refractivity contribution in [2.45, 2.75) is 38.9 Å². The molecule has 1 aliphatic heterocycles. The van der Waals surface area contributed by atoms with Crippen LogP contribution in [0.4, 0.5) is 17.1 Å². The summed E-state index contributed by atoms with van der Waals surface area (Å²) in [5, 5.41) is 0. The third-order valence-corrected chi connectivity index (χ3v) is 7.73. The van der Waals surface area contributed by atoms with Crippen molar-refractivity contribution >= 4 is 29.0 Å². The van der Waals surface area contributed by atoms with Gasteiger partial charge in [0.15, 0.2) is 6.61 Å². The van der Waals surface area contributed by atoms with Gasteiger partial charge < -0.3 is 19.1 Å². The van der Waals surface area contributed by atoms with Crippen molar-refractivity contribution in [3.05, 3.63) is 83.9 Å². The third-order valence-electron chi connectivity index (χ3n) is 7.73. The van der Waals surface area contributed by atoms with Crippen LogP contribution in [0, 0.1) is 31.6 Å². The predicted octanol–water partition coefficient (Wildman–Crippen LogP) is 5.99. The lowest BCUT2D eigenvalue weighted by molar-refractivity contribution is -0.223. The van der Waals surface area contributed by atoms with Gasteiger partial charge in [0.05, 0.1) is 11.8 Å². The van der Waals surface area contributed by atoms with Crippen LogP contribution in [0.1, 0.15) is 30.4 Å². The van der Waals surface area contributed by atoms with Crippen LogP contribution in [-0.4, -0.2) is 24.3 Å². The monoisotopic (exact) mass is 483 g/mol. The van der Waals surface area contributed by atoms with Crippen LogP contribution in [0.15, 0.2) is 72.8 Å². The second-order valence-electron chi connectivity index (χ2n) is 10.2. The van der Waals surface area contributed by atoms with Crippen LogP contribution in [-0.2, 0) is 19.1 Å². The van der Waals surface area contributed by atoms with Crippen LogP contribution < -0.4 is 9.64 Å². The molecule has 6 nitrogen and oxygen atoms in total. The van der Waals surface area contributed by atoms with Gasteiger partial charge in [-0.1, -0.05) is 36.4 Å². The molecule has 36 heavy (non-hydrogen) atoms. The first-order valence-corrected chi connectivity index (χ1v) is 12.5. The largest absolute Gasteiger partial charge is 0.481 e. The van der Waals surface area contributed by atoms with Gasteiger partial charge >= 0.3 is 11.9 Å². The van der Waals surface area contributed by atoms with E-state index in [1.54, 1.807) is 0 Å². The van der Waals surface area contributed by atoms with E-state index in [-0.39, 0.29) is 24.4 Å². The summed E-state index contributed by atoms with van der Waals surface area (Å²) in [6.45, 7) is 3.72. The van der Waals surface area contributed by atoms with E-state index < -0.39 is 11.8 Å². The molecular weight excluding hydrogens is 454 g/mol. The zero-order valence-corrected chi connectivity index (χ0v) is 20.5. The summed E-state index contributed by atoms with van der Waals surface area (Å²) in [5.41, 5.74) is 4.94. The molecular formula is C30H29NO5. The molecule has 2 saturated carbocycles. The Labute approximate surface area is 210 Å². The van der Waals surface area contributed by atoms with E-state index in [2.05, 4.69) is 41.3 Å². The van der Waals surface area contributed by atoms with Gasteiger partial charge in [0.25, 0.3) is 5.79 Å². The Hall–Kier alpha value is -3.80. The lowest BCUT2D eigenvalue weighted by Crippen LogP contribution is -2.40. The maximum Gasteiger partial charge on any atom is 0.347 e. The summed E-state index contributed by atoms with van der Waals surface area (Å²) >= 11 is 0. The van der Waals surface area contributed by atoms with Crippen LogP contribution in [0.3, 0.4) is 0 Å². The first-order valence-electron chi connectivity index (χ1n) is 12.5. The van der Waals surface area contributed by atoms with E-state index >= 15 is 0 Å². The minimum absolute atomic E-state index is 0.0105. The molecule has 0 aromatic heterocycles. The van der Waals surface area contributed by atoms with E-state index in [1.807, 2.05) is 50.2 Å². The molecule has 184 valence electrons. The fraction of sp³-hybridized carbons (Fsp3) is 0.333. The number of aryl methyl sites for hydroxylation is 2. The normalized spacial score (nSPS) is 25.5. The molecule has 4 atom stereocenters. The molecule has 2 bridgehead atoms. The molecule has 6 rings (SSSR count). The molecule has 3 aromatic carbocycles. The van der Waals surface area contributed by atoms with Gasteiger partial charge in [0, 0.05) is 23.5 Å². The highest BCUT2D eigenvalue weighted by atomic mass is 16.7. The maximum absolute atomic E-state index is 12.8. The predicted molar refractivity (Wildman–Crippen MR) is 135 cm³/mol. The summed E-state index contributed by atoms with van der Waals surface area (Å²) in [6, 6.07) is 24.5. The van der Waals surface area contributed by atoms with Crippen molar-refractivity contribution in [2.24, 2.45) is 17.8 Å². The molecule has 3 aromatic rings. The number of nitrogens with zero attached hydrogens (tertiary/aromatic N) is 1. The van der Waals surface area contributed by atoms with Crippen molar-refractivity contribution < 1.29 is 23.8 Å². The molecule has 0 spiro atoms. The van der Waals surface area contributed by atoms with Crippen LogP contribution in [0.5, 0.6) is 5.75 Å². The van der Waals surface area contributed by atoms with Gasteiger partial charge in [0.2, 0.25) is 0 Å². The van der Waals surface area contributed by atoms with E-state index in [0.717, 1.165) is 41.0 Å². The standard InChI is InChI=1S/C30H29NO5/c1-19-13-24(31(22-9-5-3-6-10-22)23-11-7-4-8-12-23)14-20(2)28(19)34-18-27(32)35-30-17-21-15-25(26(30)16-21)29(33)36-30/h3-14,21,25-26H,15-18H2,1-2H3. The molecule has 6 heteroatoms. The summed E-state index contributed by atoms with van der Waals surface area (Å²) in [4.78, 5) is 27.1. The Morgan fingerprint density at radius 1 is 0.944 bits per heavy atom. The van der Waals surface area contributed by atoms with Gasteiger partial charge in [-0.3, -0.25) is 4.79 Å². The van der Waals surface area contributed by atoms with Crippen LogP contribution in [0.25, 0.3) is 0 Å². The number of benzene rings is 3. The number of fused-ring (bicyclic) bond motifs is 1. The van der Waals surface area contributed by atoms with Gasteiger partial charge in [0.1, 0.15) is 5.75 Å². The van der Waals surface area contributed by atoms with Crippen molar-refractivity contribution in [1.82, 2.24) is 0 Å². The van der Waals surface area contributed by atoms with Gasteiger partial charge in [-0.2, -0.15) is 0 Å². The summed E-state index contributed by atoms with van der Waals surface area (Å²) in [6.07, 6.45) is 2.35. The molecule has 4 unspecified atom stereocenters. The van der Waals surface area contributed by atoms with Crippen molar-refractivity contribution in [2.75, 3.05) is 11.5 Å². The molecule has 3 aliphatic rings. The number of hydrogen-bond donors (Lipinski definition) is 0. The number of rotatable bonds is 7. The van der Waals surface area contributed by atoms with Gasteiger partial charge in [-0.25, -0.2) is 4.79 Å². The molecule has 1 saturated heterocycles. The van der Waals surface area contributed by atoms with Crippen molar-refractivity contribution in [3.8, 4) is 5.75 Å². The summed E-state index contributed by atoms with van der Waals surface area (Å²) < 4.78 is 17.3. The third kappa shape index (κ3) is 3.81. The number of carbonyl (C=O) groups excluding carboxylic acids is 2. The Kier molecular flexibility index (Phi) is 5.47. The topological polar surface area (TPSA) is 65.1 Å². The zero-order valence-electron chi connectivity index (χ0n) is 20.5. The highest BCUT2D eigenvalue weighted by Crippen LogP contribution is 2.60. The van der Waals surface area contributed by atoms with Crippen LogP contribution >= 0.6 is 0 Å². The highest BCUT2D eigenvalue weighted by Gasteiger charge is 2.68. The maximum atomic E-state index is 12.8. The number of anilines is 3. The molecule has 0 amide bonds. The average molecular weight is 484 g/mol. The fourth-order valence-electron chi connectivity index (χ4n) is 6.35. The smallest absolute Gasteiger partial charge is 0.347 e. The van der Waals surface area contributed by atoms with E-state index in [4.69, 9.17) is 14.2 Å². The van der Waals surface area contributed by atoms with Crippen molar-refractivity contribution in [3.63, 3.8) is 0 Å². The number of hydrogen-bond acceptors (Lipinski definition) is 6. The van der Waals surface area contributed by atoms with Gasteiger partial charge in [-0.15, -0.1) is 0 Å². The SMILES string of the molecule is Cc1cc(N(c2ccccc2)c2ccccc2)cc(C)c1OCC(=O)OC12CC3CC(C(=O)O1)C2C3. The minimum atomic E-state index is -1.08. The average Bonchev–Trinajstić information content (AvgIpc) is 3.47. The van der Waals surface area contributed by atoms with E-state index in [1.165, 1.54) is 0 Å². The zero-order chi connectivity index (χ0) is 24.9. The molecule has 0 N–H and O–H groups in total. The second-order valence-corrected chi connectivity index (χ2v) is 10.2. The number of ether oxygens (including phenoxy) is 3. The Morgan fingerprint density at radius 3 is 2.14 bits per heavy atom. The molecule has 2 aliphatic carbocycles. The van der Waals surface area contributed by atoms with E-state index in [9.17, 15) is 9.59 Å². The lowest BCUT2D eigenvalue weighted by atomic mass is 9.87. The number of para-hydroxylation sites is 2. The van der Waals surface area contributed by atoms with E-state index in [0.29, 0.717) is 18.1 Å². The first-order chi connectivity index (χ1) is 17.4. The molecule has 0 radical (unpaired) electrons. The van der Waals surface area contributed by atoms with Crippen molar-refractivity contribution in [1.29, 1.82) is 0 Å². The second kappa shape index (κ2) is 8.70. The summed E-state index contributed by atoms with van der Waals surface area (Å²) in [7, 11) is 0. The first kappa shape index (κ1) is 22.7. The van der Waals surface area contributed by atoms with Crippen LogP contribution in [0.2, 0.25) is 0 Å². The molecule has 1 heterocycles. The minimum Gasteiger partial charge on any atom is -0.481 e. The number of carbonyl (C=O) groups is 2.